The fourth-order valence-electron chi connectivity index (χ4n) is 2.83. The molecule has 0 radical (unpaired) electrons. The summed E-state index contributed by atoms with van der Waals surface area (Å²) in [5.74, 6) is 0.573. The lowest BCUT2D eigenvalue weighted by Gasteiger charge is -2.32. The van der Waals surface area contributed by atoms with Crippen molar-refractivity contribution in [1.29, 1.82) is 0 Å². The quantitative estimate of drug-likeness (QED) is 0.834. The topological polar surface area (TPSA) is 40.5 Å². The Morgan fingerprint density at radius 3 is 1.70 bits per heavy atom. The van der Waals surface area contributed by atoms with Crippen LogP contribution in [0.3, 0.4) is 0 Å². The third kappa shape index (κ3) is 2.64. The maximum absolute atomic E-state index is 10.2. The number of hydrogen-bond donors (Lipinski definition) is 2. The molecule has 0 spiro atoms. The van der Waals surface area contributed by atoms with Gasteiger partial charge in [0.05, 0.1) is 0 Å². The predicted molar refractivity (Wildman–Crippen MR) is 82.2 cm³/mol. The molecule has 2 aromatic rings. The van der Waals surface area contributed by atoms with Crippen LogP contribution in [0.25, 0.3) is 0 Å². The third-order valence-corrected chi connectivity index (χ3v) is 4.03. The number of aromatic hydroxyl groups is 2. The molecule has 2 nitrogen and oxygen atoms in total. The van der Waals surface area contributed by atoms with Crippen LogP contribution in [0.4, 0.5) is 0 Å². The van der Waals surface area contributed by atoms with Crippen molar-refractivity contribution in [1.82, 2.24) is 0 Å². The second-order valence-corrected chi connectivity index (χ2v) is 5.47. The van der Waals surface area contributed by atoms with Gasteiger partial charge in [0.2, 0.25) is 0 Å². The molecule has 0 unspecified atom stereocenters. The summed E-state index contributed by atoms with van der Waals surface area (Å²) >= 11 is 0. The van der Waals surface area contributed by atoms with E-state index in [-0.39, 0.29) is 16.9 Å². The monoisotopic (exact) mass is 270 g/mol. The van der Waals surface area contributed by atoms with Crippen molar-refractivity contribution in [2.45, 2.75) is 38.5 Å². The Morgan fingerprint density at radius 1 is 0.850 bits per heavy atom. The Kier molecular flexibility index (Phi) is 4.33. The van der Waals surface area contributed by atoms with Crippen LogP contribution in [0.1, 0.15) is 44.2 Å². The van der Waals surface area contributed by atoms with E-state index in [4.69, 9.17) is 0 Å². The maximum Gasteiger partial charge on any atom is 0.119 e. The Balaban J connectivity index is 2.57. The summed E-state index contributed by atoms with van der Waals surface area (Å²) < 4.78 is 0. The molecule has 0 fully saturated rings. The average molecular weight is 270 g/mol. The van der Waals surface area contributed by atoms with E-state index in [2.05, 4.69) is 13.8 Å². The standard InChI is InChI=1S/C18H22O2/c1-3-4-13-18(2,14-9-5-7-11-16(14)19)15-10-6-8-12-17(15)20/h5-12,19-20H,3-4,13H2,1-2H3. The summed E-state index contributed by atoms with van der Waals surface area (Å²) in [5, 5.41) is 20.4. The number of benzene rings is 2. The Hall–Kier alpha value is -1.96. The van der Waals surface area contributed by atoms with Gasteiger partial charge in [-0.2, -0.15) is 0 Å². The molecule has 0 aromatic heterocycles. The molecule has 0 saturated heterocycles. The van der Waals surface area contributed by atoms with Crippen LogP contribution in [-0.4, -0.2) is 10.2 Å². The van der Waals surface area contributed by atoms with Crippen molar-refractivity contribution in [2.75, 3.05) is 0 Å². The van der Waals surface area contributed by atoms with Gasteiger partial charge in [0.1, 0.15) is 11.5 Å². The van der Waals surface area contributed by atoms with Gasteiger partial charge >= 0.3 is 0 Å². The van der Waals surface area contributed by atoms with Gasteiger partial charge in [0.15, 0.2) is 0 Å². The molecule has 2 rings (SSSR count). The van der Waals surface area contributed by atoms with Gasteiger partial charge in [-0.05, 0) is 18.6 Å². The molecular formula is C18H22O2. The predicted octanol–water partition coefficient (Wildman–Crippen LogP) is 4.59. The van der Waals surface area contributed by atoms with Gasteiger partial charge in [-0.1, -0.05) is 63.1 Å². The van der Waals surface area contributed by atoms with Crippen LogP contribution in [0.5, 0.6) is 11.5 Å². The molecule has 0 aliphatic heterocycles. The molecule has 0 amide bonds. The van der Waals surface area contributed by atoms with Crippen LogP contribution < -0.4 is 0 Å². The summed E-state index contributed by atoms with van der Waals surface area (Å²) in [7, 11) is 0. The molecule has 0 aliphatic carbocycles. The van der Waals surface area contributed by atoms with Crippen molar-refractivity contribution in [3.05, 3.63) is 59.7 Å². The van der Waals surface area contributed by atoms with Crippen LogP contribution in [0.15, 0.2) is 48.5 Å². The van der Waals surface area contributed by atoms with Gasteiger partial charge in [0, 0.05) is 16.5 Å². The van der Waals surface area contributed by atoms with E-state index in [1.54, 1.807) is 12.1 Å². The lowest BCUT2D eigenvalue weighted by molar-refractivity contribution is 0.407. The number of rotatable bonds is 5. The van der Waals surface area contributed by atoms with E-state index in [1.807, 2.05) is 36.4 Å². The minimum atomic E-state index is -0.382. The van der Waals surface area contributed by atoms with Crippen molar-refractivity contribution in [3.8, 4) is 11.5 Å². The minimum Gasteiger partial charge on any atom is -0.508 e. The first-order valence-corrected chi connectivity index (χ1v) is 7.16. The fourth-order valence-corrected chi connectivity index (χ4v) is 2.83. The lowest BCUT2D eigenvalue weighted by atomic mass is 9.72. The molecule has 0 heterocycles. The van der Waals surface area contributed by atoms with Crippen molar-refractivity contribution in [2.24, 2.45) is 0 Å². The molecule has 2 N–H and O–H groups in total. The summed E-state index contributed by atoms with van der Waals surface area (Å²) in [6.45, 7) is 4.24. The maximum atomic E-state index is 10.2. The largest absolute Gasteiger partial charge is 0.508 e. The van der Waals surface area contributed by atoms with Crippen molar-refractivity contribution in [3.63, 3.8) is 0 Å². The van der Waals surface area contributed by atoms with E-state index >= 15 is 0 Å². The normalized spacial score (nSPS) is 11.5. The summed E-state index contributed by atoms with van der Waals surface area (Å²) in [6, 6.07) is 14.8. The minimum absolute atomic E-state index is 0.286. The average Bonchev–Trinajstić information content (AvgIpc) is 2.46. The van der Waals surface area contributed by atoms with Crippen LogP contribution >= 0.6 is 0 Å². The summed E-state index contributed by atoms with van der Waals surface area (Å²) in [6.07, 6.45) is 3.01. The Bertz CT molecular complexity index is 530. The molecule has 0 saturated carbocycles. The number of hydrogen-bond acceptors (Lipinski definition) is 2. The van der Waals surface area contributed by atoms with E-state index < -0.39 is 0 Å². The molecule has 0 atom stereocenters. The van der Waals surface area contributed by atoms with Crippen molar-refractivity contribution >= 4 is 0 Å². The van der Waals surface area contributed by atoms with E-state index in [0.717, 1.165) is 30.4 Å². The highest BCUT2D eigenvalue weighted by atomic mass is 16.3. The number of para-hydroxylation sites is 2. The Morgan fingerprint density at radius 2 is 1.30 bits per heavy atom. The highest BCUT2D eigenvalue weighted by molar-refractivity contribution is 5.50. The second-order valence-electron chi connectivity index (χ2n) is 5.47. The first kappa shape index (κ1) is 14.4. The first-order valence-electron chi connectivity index (χ1n) is 7.16. The van der Waals surface area contributed by atoms with E-state index in [1.165, 1.54) is 0 Å². The summed E-state index contributed by atoms with van der Waals surface area (Å²) in [4.78, 5) is 0. The molecule has 106 valence electrons. The SMILES string of the molecule is CCCCC(C)(c1ccccc1O)c1ccccc1O. The lowest BCUT2D eigenvalue weighted by Crippen LogP contribution is -2.24. The van der Waals surface area contributed by atoms with Gasteiger partial charge < -0.3 is 10.2 Å². The Labute approximate surface area is 120 Å². The zero-order valence-corrected chi connectivity index (χ0v) is 12.1. The van der Waals surface area contributed by atoms with Crippen LogP contribution in [0, 0.1) is 0 Å². The van der Waals surface area contributed by atoms with E-state index in [0.29, 0.717) is 0 Å². The number of phenolic OH excluding ortho intramolecular Hbond substituents is 2. The zero-order chi connectivity index (χ0) is 14.6. The van der Waals surface area contributed by atoms with Gasteiger partial charge in [0.25, 0.3) is 0 Å². The van der Waals surface area contributed by atoms with E-state index in [9.17, 15) is 10.2 Å². The zero-order valence-electron chi connectivity index (χ0n) is 12.1. The number of unbranched alkanes of at least 4 members (excludes halogenated alkanes) is 1. The molecule has 20 heavy (non-hydrogen) atoms. The van der Waals surface area contributed by atoms with Crippen LogP contribution in [-0.2, 0) is 5.41 Å². The van der Waals surface area contributed by atoms with Gasteiger partial charge in [-0.25, -0.2) is 0 Å². The molecule has 0 bridgehead atoms. The fraction of sp³-hybridized carbons (Fsp3) is 0.333. The molecule has 2 heteroatoms. The molecule has 0 aliphatic rings. The van der Waals surface area contributed by atoms with Crippen molar-refractivity contribution < 1.29 is 10.2 Å². The number of phenols is 2. The van der Waals surface area contributed by atoms with Gasteiger partial charge in [-0.3, -0.25) is 0 Å². The van der Waals surface area contributed by atoms with Crippen LogP contribution in [0.2, 0.25) is 0 Å². The molecule has 2 aromatic carbocycles. The second kappa shape index (κ2) is 6.00. The van der Waals surface area contributed by atoms with Gasteiger partial charge in [-0.15, -0.1) is 0 Å². The highest BCUT2D eigenvalue weighted by Gasteiger charge is 2.32. The first-order chi connectivity index (χ1) is 9.59. The molecular weight excluding hydrogens is 248 g/mol. The smallest absolute Gasteiger partial charge is 0.119 e. The third-order valence-electron chi connectivity index (χ3n) is 4.03. The summed E-state index contributed by atoms with van der Waals surface area (Å²) in [5.41, 5.74) is 1.36. The highest BCUT2D eigenvalue weighted by Crippen LogP contribution is 2.43.